The Bertz CT molecular complexity index is 721. The summed E-state index contributed by atoms with van der Waals surface area (Å²) >= 11 is 0. The van der Waals surface area contributed by atoms with E-state index in [9.17, 15) is 0 Å². The van der Waals surface area contributed by atoms with Gasteiger partial charge in [-0.2, -0.15) is 0 Å². The first-order chi connectivity index (χ1) is 12.8. The molecule has 3 heterocycles. The molecule has 1 aromatic carbocycles. The largest absolute Gasteiger partial charge is 0.395 e. The van der Waals surface area contributed by atoms with Crippen molar-refractivity contribution in [2.24, 2.45) is 5.92 Å². The third-order valence-electron chi connectivity index (χ3n) is 5.34. The summed E-state index contributed by atoms with van der Waals surface area (Å²) in [6.45, 7) is 5.01. The molecule has 0 saturated carbocycles. The summed E-state index contributed by atoms with van der Waals surface area (Å²) in [6, 6.07) is 10.4. The molecule has 2 N–H and O–H groups in total. The Morgan fingerprint density at radius 3 is 2.92 bits per heavy atom. The van der Waals surface area contributed by atoms with Gasteiger partial charge in [-0.05, 0) is 37.4 Å². The van der Waals surface area contributed by atoms with Crippen molar-refractivity contribution in [3.8, 4) is 0 Å². The van der Waals surface area contributed by atoms with Gasteiger partial charge in [-0.15, -0.1) is 0 Å². The molecule has 26 heavy (non-hydrogen) atoms. The number of nitrogens with zero attached hydrogens (tertiary/aromatic N) is 4. The summed E-state index contributed by atoms with van der Waals surface area (Å²) in [5, 5.41) is 12.6. The number of piperidine rings is 1. The van der Waals surface area contributed by atoms with Gasteiger partial charge in [-0.3, -0.25) is 0 Å². The van der Waals surface area contributed by atoms with Gasteiger partial charge in [0.1, 0.15) is 0 Å². The van der Waals surface area contributed by atoms with Gasteiger partial charge in [0.25, 0.3) is 0 Å². The minimum Gasteiger partial charge on any atom is -0.395 e. The van der Waals surface area contributed by atoms with Crippen LogP contribution in [0.25, 0.3) is 0 Å². The van der Waals surface area contributed by atoms with Crippen molar-refractivity contribution in [3.63, 3.8) is 0 Å². The van der Waals surface area contributed by atoms with Crippen molar-refractivity contribution in [2.45, 2.75) is 19.3 Å². The van der Waals surface area contributed by atoms with Gasteiger partial charge in [0.2, 0.25) is 5.95 Å². The number of aliphatic hydroxyl groups excluding tert-OH is 1. The van der Waals surface area contributed by atoms with Crippen molar-refractivity contribution in [1.82, 2.24) is 14.9 Å². The third kappa shape index (κ3) is 3.81. The predicted molar refractivity (Wildman–Crippen MR) is 104 cm³/mol. The van der Waals surface area contributed by atoms with E-state index in [0.29, 0.717) is 5.92 Å². The van der Waals surface area contributed by atoms with E-state index in [1.165, 1.54) is 18.5 Å². The summed E-state index contributed by atoms with van der Waals surface area (Å²) in [4.78, 5) is 13.9. The van der Waals surface area contributed by atoms with Crippen molar-refractivity contribution < 1.29 is 5.11 Å². The summed E-state index contributed by atoms with van der Waals surface area (Å²) in [7, 11) is 0. The van der Waals surface area contributed by atoms with E-state index in [0.717, 1.165) is 56.5 Å². The number of rotatable bonds is 6. The maximum Gasteiger partial charge on any atom is 0.223 e. The highest BCUT2D eigenvalue weighted by Gasteiger charge is 2.23. The Morgan fingerprint density at radius 1 is 1.19 bits per heavy atom. The Hall–Kier alpha value is -2.18. The number of para-hydroxylation sites is 1. The molecule has 6 nitrogen and oxygen atoms in total. The molecule has 0 amide bonds. The smallest absolute Gasteiger partial charge is 0.223 e. The molecule has 1 aromatic heterocycles. The van der Waals surface area contributed by atoms with Crippen molar-refractivity contribution >= 4 is 17.3 Å². The van der Waals surface area contributed by atoms with E-state index in [2.05, 4.69) is 44.4 Å². The van der Waals surface area contributed by atoms with Crippen LogP contribution in [0.2, 0.25) is 0 Å². The lowest BCUT2D eigenvalue weighted by molar-refractivity contribution is 0.144. The van der Waals surface area contributed by atoms with Gasteiger partial charge in [-0.1, -0.05) is 18.2 Å². The van der Waals surface area contributed by atoms with E-state index < -0.39 is 0 Å². The van der Waals surface area contributed by atoms with Crippen LogP contribution < -0.4 is 10.2 Å². The second-order valence-electron chi connectivity index (χ2n) is 7.18. The lowest BCUT2D eigenvalue weighted by Crippen LogP contribution is -2.39. The molecule has 138 valence electrons. The fraction of sp³-hybridized carbons (Fsp3) is 0.500. The van der Waals surface area contributed by atoms with Crippen LogP contribution in [0.5, 0.6) is 0 Å². The summed E-state index contributed by atoms with van der Waals surface area (Å²) < 4.78 is 0. The first-order valence-corrected chi connectivity index (χ1v) is 9.59. The molecule has 0 radical (unpaired) electrons. The van der Waals surface area contributed by atoms with Gasteiger partial charge in [-0.25, -0.2) is 9.97 Å². The molecule has 0 aliphatic carbocycles. The molecule has 1 unspecified atom stereocenters. The summed E-state index contributed by atoms with van der Waals surface area (Å²) in [6.07, 6.45) is 5.32. The van der Waals surface area contributed by atoms with E-state index in [-0.39, 0.29) is 6.61 Å². The Labute approximate surface area is 154 Å². The zero-order valence-corrected chi connectivity index (χ0v) is 15.1. The molecule has 2 aliphatic rings. The predicted octanol–water partition coefficient (Wildman–Crippen LogP) is 2.29. The molecule has 2 aliphatic heterocycles. The molecular weight excluding hydrogens is 326 g/mol. The number of anilines is 3. The number of hydrogen-bond acceptors (Lipinski definition) is 6. The summed E-state index contributed by atoms with van der Waals surface area (Å²) in [5.41, 5.74) is 3.44. The topological polar surface area (TPSA) is 64.5 Å². The minimum absolute atomic E-state index is 0.242. The van der Waals surface area contributed by atoms with Crippen molar-refractivity contribution in [1.29, 1.82) is 0 Å². The summed E-state index contributed by atoms with van der Waals surface area (Å²) in [5.74, 6) is 1.32. The first kappa shape index (κ1) is 17.2. The maximum atomic E-state index is 9.12. The Balaban J connectivity index is 1.38. The normalized spacial score (nSPS) is 20.2. The molecule has 6 heteroatoms. The molecule has 2 aromatic rings. The number of benzene rings is 1. The number of nitrogens with one attached hydrogen (secondary N) is 1. The minimum atomic E-state index is 0.242. The van der Waals surface area contributed by atoms with E-state index in [1.54, 1.807) is 0 Å². The van der Waals surface area contributed by atoms with Crippen LogP contribution in [0.3, 0.4) is 0 Å². The second kappa shape index (κ2) is 8.01. The van der Waals surface area contributed by atoms with Gasteiger partial charge < -0.3 is 20.2 Å². The molecule has 4 rings (SSSR count). The van der Waals surface area contributed by atoms with Crippen molar-refractivity contribution in [2.75, 3.05) is 49.5 Å². The number of fused-ring (bicyclic) bond motifs is 1. The van der Waals surface area contributed by atoms with E-state index in [1.807, 2.05) is 12.3 Å². The number of likely N-dealkylation sites (tertiary alicyclic amines) is 1. The average molecular weight is 353 g/mol. The molecular formula is C20H27N5O. The lowest BCUT2D eigenvalue weighted by atomic mass is 9.98. The average Bonchev–Trinajstić information content (AvgIpc) is 3.11. The SMILES string of the molecule is OCCN1CCCC(CNc2ncc3c(n2)CCN3c2ccccc2)C1. The van der Waals surface area contributed by atoms with Gasteiger partial charge in [0, 0.05) is 38.3 Å². The van der Waals surface area contributed by atoms with Crippen molar-refractivity contribution in [3.05, 3.63) is 42.2 Å². The standard InChI is InChI=1S/C20H27N5O/c26-12-11-24-9-4-5-16(15-24)13-21-20-22-14-19-18(23-20)8-10-25(19)17-6-2-1-3-7-17/h1-3,6-7,14,16,26H,4-5,8-13,15H2,(H,21,22,23). The highest BCUT2D eigenvalue weighted by molar-refractivity contribution is 5.68. The van der Waals surface area contributed by atoms with Crippen LogP contribution in [-0.4, -0.2) is 59.3 Å². The fourth-order valence-corrected chi connectivity index (χ4v) is 4.02. The monoisotopic (exact) mass is 353 g/mol. The zero-order chi connectivity index (χ0) is 17.8. The van der Waals surface area contributed by atoms with Crippen LogP contribution in [0.4, 0.5) is 17.3 Å². The third-order valence-corrected chi connectivity index (χ3v) is 5.34. The Kier molecular flexibility index (Phi) is 5.32. The maximum absolute atomic E-state index is 9.12. The van der Waals surface area contributed by atoms with Crippen LogP contribution >= 0.6 is 0 Å². The van der Waals surface area contributed by atoms with Crippen LogP contribution in [0.15, 0.2) is 36.5 Å². The molecule has 1 atom stereocenters. The second-order valence-corrected chi connectivity index (χ2v) is 7.18. The lowest BCUT2D eigenvalue weighted by Gasteiger charge is -2.32. The molecule has 1 fully saturated rings. The molecule has 1 saturated heterocycles. The van der Waals surface area contributed by atoms with Gasteiger partial charge >= 0.3 is 0 Å². The first-order valence-electron chi connectivity index (χ1n) is 9.59. The zero-order valence-electron chi connectivity index (χ0n) is 15.1. The molecule has 0 bridgehead atoms. The van der Waals surface area contributed by atoms with Gasteiger partial charge in [0.15, 0.2) is 0 Å². The number of hydrogen-bond donors (Lipinski definition) is 2. The molecule has 0 spiro atoms. The van der Waals surface area contributed by atoms with Crippen LogP contribution in [0.1, 0.15) is 18.5 Å². The quantitative estimate of drug-likeness (QED) is 0.831. The number of β-amino-alcohol motifs (C(OH)–C–C–N with tert-alkyl or cyclic N) is 1. The van der Waals surface area contributed by atoms with Crippen LogP contribution in [-0.2, 0) is 6.42 Å². The Morgan fingerprint density at radius 2 is 2.08 bits per heavy atom. The van der Waals surface area contributed by atoms with E-state index in [4.69, 9.17) is 10.1 Å². The van der Waals surface area contributed by atoms with Gasteiger partial charge in [0.05, 0.1) is 24.2 Å². The fourth-order valence-electron chi connectivity index (χ4n) is 4.02. The number of aliphatic hydroxyl groups is 1. The van der Waals surface area contributed by atoms with Crippen LogP contribution in [0, 0.1) is 5.92 Å². The highest BCUT2D eigenvalue weighted by Crippen LogP contribution is 2.33. The number of aromatic nitrogens is 2. The highest BCUT2D eigenvalue weighted by atomic mass is 16.3. The van der Waals surface area contributed by atoms with E-state index >= 15 is 0 Å².